The zero-order valence-electron chi connectivity index (χ0n) is 7.42. The first-order chi connectivity index (χ1) is 5.20. The van der Waals surface area contributed by atoms with Crippen molar-refractivity contribution in [1.29, 1.82) is 0 Å². The van der Waals surface area contributed by atoms with Gasteiger partial charge in [-0.3, -0.25) is 4.79 Å². The second-order valence-electron chi connectivity index (χ2n) is 2.46. The predicted molar refractivity (Wildman–Crippen MR) is 42.3 cm³/mol. The maximum atomic E-state index is 10.7. The molecule has 1 atom stereocenters. The van der Waals surface area contributed by atoms with Crippen molar-refractivity contribution >= 4 is 5.97 Å². The molecule has 0 aromatic rings. The summed E-state index contributed by atoms with van der Waals surface area (Å²) in [7, 11) is 1.38. The number of ether oxygens (including phenoxy) is 2. The van der Waals surface area contributed by atoms with Crippen LogP contribution in [0.3, 0.4) is 0 Å². The molecule has 0 aromatic heterocycles. The van der Waals surface area contributed by atoms with Crippen LogP contribution >= 0.6 is 0 Å². The van der Waals surface area contributed by atoms with E-state index < -0.39 is 0 Å². The van der Waals surface area contributed by atoms with Crippen LogP contribution in [0.1, 0.15) is 26.7 Å². The second-order valence-corrected chi connectivity index (χ2v) is 2.46. The van der Waals surface area contributed by atoms with Gasteiger partial charge in [0.25, 0.3) is 0 Å². The van der Waals surface area contributed by atoms with Crippen LogP contribution in [0.25, 0.3) is 0 Å². The Balaban J connectivity index is 3.35. The first-order valence-corrected chi connectivity index (χ1v) is 3.89. The lowest BCUT2D eigenvalue weighted by Crippen LogP contribution is -2.15. The van der Waals surface area contributed by atoms with E-state index in [4.69, 9.17) is 4.74 Å². The lowest BCUT2D eigenvalue weighted by Gasteiger charge is -2.09. The molecule has 0 bridgehead atoms. The summed E-state index contributed by atoms with van der Waals surface area (Å²) in [5, 5.41) is 0. The van der Waals surface area contributed by atoms with Crippen LogP contribution in [0, 0.1) is 0 Å². The largest absolute Gasteiger partial charge is 0.469 e. The molecule has 0 aliphatic carbocycles. The average molecular weight is 160 g/mol. The number of hydrogen-bond donors (Lipinski definition) is 0. The van der Waals surface area contributed by atoms with Gasteiger partial charge in [0.15, 0.2) is 0 Å². The molecule has 0 saturated heterocycles. The van der Waals surface area contributed by atoms with Crippen LogP contribution in [0.4, 0.5) is 0 Å². The van der Waals surface area contributed by atoms with Gasteiger partial charge in [-0.25, -0.2) is 0 Å². The summed E-state index contributed by atoms with van der Waals surface area (Å²) in [6, 6.07) is 0. The van der Waals surface area contributed by atoms with Crippen molar-refractivity contribution in [2.75, 3.05) is 13.7 Å². The number of esters is 1. The number of carbonyl (C=O) groups is 1. The monoisotopic (exact) mass is 160 g/mol. The van der Waals surface area contributed by atoms with Crippen LogP contribution in [-0.2, 0) is 14.3 Å². The van der Waals surface area contributed by atoms with Crippen molar-refractivity contribution in [2.24, 2.45) is 0 Å². The van der Waals surface area contributed by atoms with Crippen LogP contribution in [-0.4, -0.2) is 25.8 Å². The zero-order chi connectivity index (χ0) is 8.69. The van der Waals surface area contributed by atoms with Crippen molar-refractivity contribution < 1.29 is 14.3 Å². The molecule has 0 spiro atoms. The van der Waals surface area contributed by atoms with E-state index in [1.165, 1.54) is 7.11 Å². The lowest BCUT2D eigenvalue weighted by molar-refractivity contribution is -0.143. The number of hydrogen-bond acceptors (Lipinski definition) is 3. The Morgan fingerprint density at radius 1 is 1.55 bits per heavy atom. The average Bonchev–Trinajstić information content (AvgIpc) is 2.00. The molecule has 1 unspecified atom stereocenters. The number of methoxy groups -OCH3 is 1. The molecule has 0 amide bonds. The predicted octanol–water partition coefficient (Wildman–Crippen LogP) is 1.36. The zero-order valence-corrected chi connectivity index (χ0v) is 7.42. The Morgan fingerprint density at radius 2 is 2.18 bits per heavy atom. The van der Waals surface area contributed by atoms with Gasteiger partial charge in [-0.05, 0) is 13.3 Å². The first-order valence-electron chi connectivity index (χ1n) is 3.89. The normalized spacial score (nSPS) is 12.6. The lowest BCUT2D eigenvalue weighted by atomic mass is 10.3. The fourth-order valence-corrected chi connectivity index (χ4v) is 0.696. The second kappa shape index (κ2) is 6.16. The molecule has 0 aromatic carbocycles. The molecule has 0 rings (SSSR count). The summed E-state index contributed by atoms with van der Waals surface area (Å²) >= 11 is 0. The molecule has 0 radical (unpaired) electrons. The molecule has 0 heterocycles. The fourth-order valence-electron chi connectivity index (χ4n) is 0.696. The summed E-state index contributed by atoms with van der Waals surface area (Å²) in [6.45, 7) is 4.61. The topological polar surface area (TPSA) is 35.5 Å². The van der Waals surface area contributed by atoms with Gasteiger partial charge in [-0.2, -0.15) is 0 Å². The van der Waals surface area contributed by atoms with Gasteiger partial charge in [0, 0.05) is 6.61 Å². The minimum Gasteiger partial charge on any atom is -0.469 e. The maximum absolute atomic E-state index is 10.7. The van der Waals surface area contributed by atoms with E-state index in [-0.39, 0.29) is 12.1 Å². The molecule has 66 valence electrons. The quantitative estimate of drug-likeness (QED) is 0.570. The molecule has 0 saturated carbocycles. The molecule has 3 nitrogen and oxygen atoms in total. The van der Waals surface area contributed by atoms with Crippen LogP contribution in [0.5, 0.6) is 0 Å². The van der Waals surface area contributed by atoms with E-state index in [2.05, 4.69) is 4.74 Å². The molecular formula is C8H16O3. The Labute approximate surface area is 67.7 Å². The molecule has 11 heavy (non-hydrogen) atoms. The molecule has 0 N–H and O–H groups in total. The van der Waals surface area contributed by atoms with E-state index in [9.17, 15) is 4.79 Å². The highest BCUT2D eigenvalue weighted by molar-refractivity contribution is 5.69. The van der Waals surface area contributed by atoms with Gasteiger partial charge in [-0.1, -0.05) is 6.92 Å². The Morgan fingerprint density at radius 3 is 2.64 bits per heavy atom. The van der Waals surface area contributed by atoms with Crippen LogP contribution in [0.2, 0.25) is 0 Å². The van der Waals surface area contributed by atoms with Gasteiger partial charge in [-0.15, -0.1) is 0 Å². The van der Waals surface area contributed by atoms with Crippen molar-refractivity contribution in [2.45, 2.75) is 32.8 Å². The maximum Gasteiger partial charge on any atom is 0.308 e. The highest BCUT2D eigenvalue weighted by Crippen LogP contribution is 1.99. The van der Waals surface area contributed by atoms with Crippen LogP contribution < -0.4 is 0 Å². The SMILES string of the molecule is CCCOC(C)CC(=O)OC. The number of rotatable bonds is 5. The highest BCUT2D eigenvalue weighted by atomic mass is 16.5. The standard InChI is InChI=1S/C8H16O3/c1-4-5-11-7(2)6-8(9)10-3/h7H,4-6H2,1-3H3. The Kier molecular flexibility index (Phi) is 5.84. The molecule has 0 aliphatic rings. The van der Waals surface area contributed by atoms with Gasteiger partial charge in [0.1, 0.15) is 0 Å². The minimum atomic E-state index is -0.214. The highest BCUT2D eigenvalue weighted by Gasteiger charge is 2.07. The van der Waals surface area contributed by atoms with Gasteiger partial charge in [0.05, 0.1) is 19.6 Å². The summed E-state index contributed by atoms with van der Waals surface area (Å²) in [5.74, 6) is -0.214. The van der Waals surface area contributed by atoms with Crippen LogP contribution in [0.15, 0.2) is 0 Å². The van der Waals surface area contributed by atoms with E-state index in [0.29, 0.717) is 13.0 Å². The molecular weight excluding hydrogens is 144 g/mol. The Hall–Kier alpha value is -0.570. The van der Waals surface area contributed by atoms with E-state index in [1.807, 2.05) is 13.8 Å². The smallest absolute Gasteiger partial charge is 0.308 e. The van der Waals surface area contributed by atoms with Crippen molar-refractivity contribution in [3.05, 3.63) is 0 Å². The summed E-state index contributed by atoms with van der Waals surface area (Å²) in [4.78, 5) is 10.7. The third kappa shape index (κ3) is 5.85. The van der Waals surface area contributed by atoms with Crippen molar-refractivity contribution in [1.82, 2.24) is 0 Å². The third-order valence-electron chi connectivity index (χ3n) is 1.29. The van der Waals surface area contributed by atoms with Crippen molar-refractivity contribution in [3.8, 4) is 0 Å². The van der Waals surface area contributed by atoms with Crippen molar-refractivity contribution in [3.63, 3.8) is 0 Å². The summed E-state index contributed by atoms with van der Waals surface area (Å²) < 4.78 is 9.74. The number of carbonyl (C=O) groups excluding carboxylic acids is 1. The van der Waals surface area contributed by atoms with Gasteiger partial charge < -0.3 is 9.47 Å². The summed E-state index contributed by atoms with van der Waals surface area (Å²) in [5.41, 5.74) is 0. The van der Waals surface area contributed by atoms with E-state index in [0.717, 1.165) is 6.42 Å². The fraction of sp³-hybridized carbons (Fsp3) is 0.875. The minimum absolute atomic E-state index is 0.0256. The third-order valence-corrected chi connectivity index (χ3v) is 1.29. The van der Waals surface area contributed by atoms with Gasteiger partial charge in [0.2, 0.25) is 0 Å². The Bertz CT molecular complexity index is 112. The van der Waals surface area contributed by atoms with E-state index >= 15 is 0 Å². The van der Waals surface area contributed by atoms with E-state index in [1.54, 1.807) is 0 Å². The first kappa shape index (κ1) is 10.4. The molecule has 0 fully saturated rings. The summed E-state index contributed by atoms with van der Waals surface area (Å²) in [6.07, 6.45) is 1.30. The molecule has 0 aliphatic heterocycles. The molecule has 3 heteroatoms. The van der Waals surface area contributed by atoms with Gasteiger partial charge >= 0.3 is 5.97 Å².